The molecule has 0 radical (unpaired) electrons. The molecule has 1 aromatic heterocycles. The molecule has 0 aliphatic carbocycles. The van der Waals surface area contributed by atoms with Crippen molar-refractivity contribution in [3.05, 3.63) is 102 Å². The molecule has 0 saturated carbocycles. The van der Waals surface area contributed by atoms with E-state index in [1.807, 2.05) is 66.7 Å². The summed E-state index contributed by atoms with van der Waals surface area (Å²) in [6.07, 6.45) is 1.80. The molecule has 4 aromatic rings. The maximum Gasteiger partial charge on any atom is 0.475 e. The molecule has 0 aliphatic rings. The lowest BCUT2D eigenvalue weighted by atomic mass is 9.75. The number of benzene rings is 3. The first kappa shape index (κ1) is 26.0. The first-order valence-electron chi connectivity index (χ1n) is 12.0. The molecule has 9 heteroatoms. The molecule has 0 fully saturated rings. The summed E-state index contributed by atoms with van der Waals surface area (Å²) in [6, 6.07) is 23.9. The summed E-state index contributed by atoms with van der Waals surface area (Å²) in [6.45, 7) is 0.210. The van der Waals surface area contributed by atoms with Crippen LogP contribution < -0.4 is 15.4 Å². The second-order valence-electron chi connectivity index (χ2n) is 8.80. The van der Waals surface area contributed by atoms with Crippen molar-refractivity contribution >= 4 is 29.9 Å². The van der Waals surface area contributed by atoms with Crippen molar-refractivity contribution < 1.29 is 28.8 Å². The summed E-state index contributed by atoms with van der Waals surface area (Å²) in [5, 5.41) is 26.4. The predicted molar refractivity (Wildman–Crippen MR) is 141 cm³/mol. The summed E-state index contributed by atoms with van der Waals surface area (Å²) in [7, 11) is -0.272. The minimum Gasteiger partial charge on any atom is -0.497 e. The van der Waals surface area contributed by atoms with E-state index in [1.54, 1.807) is 19.2 Å². The summed E-state index contributed by atoms with van der Waals surface area (Å²) in [5.41, 5.74) is 3.01. The van der Waals surface area contributed by atoms with E-state index in [9.17, 15) is 19.6 Å². The lowest BCUT2D eigenvalue weighted by Gasteiger charge is -2.22. The zero-order chi connectivity index (χ0) is 26.2. The average Bonchev–Trinajstić information content (AvgIpc) is 3.33. The van der Waals surface area contributed by atoms with Crippen molar-refractivity contribution in [1.82, 2.24) is 10.6 Å². The number of carbonyl (C=O) groups is 2. The largest absolute Gasteiger partial charge is 0.497 e. The van der Waals surface area contributed by atoms with E-state index < -0.39 is 30.8 Å². The van der Waals surface area contributed by atoms with Crippen molar-refractivity contribution in [3.8, 4) is 5.75 Å². The molecule has 3 aromatic carbocycles. The first-order valence-corrected chi connectivity index (χ1v) is 12.0. The second kappa shape index (κ2) is 12.2. The Morgan fingerprint density at radius 2 is 1.65 bits per heavy atom. The maximum absolute atomic E-state index is 13.4. The van der Waals surface area contributed by atoms with Gasteiger partial charge < -0.3 is 29.8 Å². The number of amides is 2. The van der Waals surface area contributed by atoms with Gasteiger partial charge in [0, 0.05) is 11.9 Å². The van der Waals surface area contributed by atoms with Gasteiger partial charge in [0.25, 0.3) is 0 Å². The van der Waals surface area contributed by atoms with Crippen LogP contribution in [-0.4, -0.2) is 42.0 Å². The first-order chi connectivity index (χ1) is 17.9. The molecule has 1 heterocycles. The number of furan rings is 1. The standard InChI is InChI=1S/C28H29BN2O6/c1-36-22-11-7-10-20(14-22)17-30-27(32)24(15-19-8-3-2-4-9-19)28(33)31-26(29(34)35)16-21-18-37-25-13-6-5-12-23(21)25/h2-14,18,24,26,34-35H,15-17H2,1H3,(H,30,32)(H,31,33). The molecule has 0 aliphatic heterocycles. The van der Waals surface area contributed by atoms with E-state index >= 15 is 0 Å². The molecule has 0 saturated heterocycles. The van der Waals surface area contributed by atoms with Crippen molar-refractivity contribution in [3.63, 3.8) is 0 Å². The van der Waals surface area contributed by atoms with E-state index in [2.05, 4.69) is 10.6 Å². The highest BCUT2D eigenvalue weighted by Gasteiger charge is 2.33. The third-order valence-electron chi connectivity index (χ3n) is 6.21. The van der Waals surface area contributed by atoms with Gasteiger partial charge in [-0.15, -0.1) is 0 Å². The van der Waals surface area contributed by atoms with Gasteiger partial charge in [0.2, 0.25) is 11.8 Å². The molecule has 2 amide bonds. The van der Waals surface area contributed by atoms with Crippen LogP contribution in [0.5, 0.6) is 5.75 Å². The fourth-order valence-corrected chi connectivity index (χ4v) is 4.19. The fourth-order valence-electron chi connectivity index (χ4n) is 4.19. The van der Waals surface area contributed by atoms with Crippen molar-refractivity contribution in [2.75, 3.05) is 7.11 Å². The molecule has 190 valence electrons. The normalized spacial score (nSPS) is 12.5. The Morgan fingerprint density at radius 3 is 2.41 bits per heavy atom. The number of ether oxygens (including phenoxy) is 1. The molecule has 0 bridgehead atoms. The SMILES string of the molecule is COc1cccc(CNC(=O)C(Cc2ccccc2)C(=O)NC(Cc2coc3ccccc23)B(O)O)c1. The number of fused-ring (bicyclic) bond motifs is 1. The molecule has 4 N–H and O–H groups in total. The Kier molecular flexibility index (Phi) is 8.61. The summed E-state index contributed by atoms with van der Waals surface area (Å²) in [4.78, 5) is 26.6. The van der Waals surface area contributed by atoms with E-state index in [0.717, 1.165) is 22.1 Å². The molecule has 2 unspecified atom stereocenters. The van der Waals surface area contributed by atoms with E-state index in [1.165, 1.54) is 6.26 Å². The molecular weight excluding hydrogens is 471 g/mol. The van der Waals surface area contributed by atoms with Gasteiger partial charge in [-0.2, -0.15) is 0 Å². The number of hydrogen-bond acceptors (Lipinski definition) is 6. The van der Waals surface area contributed by atoms with Gasteiger partial charge in [0.05, 0.1) is 19.3 Å². The van der Waals surface area contributed by atoms with Crippen LogP contribution in [0.3, 0.4) is 0 Å². The molecule has 8 nitrogen and oxygen atoms in total. The number of methoxy groups -OCH3 is 1. The quantitative estimate of drug-likeness (QED) is 0.186. The number of nitrogens with one attached hydrogen (secondary N) is 2. The Morgan fingerprint density at radius 1 is 0.919 bits per heavy atom. The molecule has 2 atom stereocenters. The van der Waals surface area contributed by atoms with Gasteiger partial charge >= 0.3 is 7.12 Å². The van der Waals surface area contributed by atoms with Crippen LogP contribution in [0.4, 0.5) is 0 Å². The Balaban J connectivity index is 1.50. The summed E-state index contributed by atoms with van der Waals surface area (Å²) >= 11 is 0. The average molecular weight is 500 g/mol. The zero-order valence-electron chi connectivity index (χ0n) is 20.5. The Labute approximate surface area is 215 Å². The van der Waals surface area contributed by atoms with E-state index in [0.29, 0.717) is 11.3 Å². The predicted octanol–water partition coefficient (Wildman–Crippen LogP) is 2.66. The Hall–Kier alpha value is -4.08. The van der Waals surface area contributed by atoms with Gasteiger partial charge in [0.1, 0.15) is 17.3 Å². The minimum atomic E-state index is -1.84. The smallest absolute Gasteiger partial charge is 0.475 e. The highest BCUT2D eigenvalue weighted by Crippen LogP contribution is 2.22. The number of hydrogen-bond donors (Lipinski definition) is 4. The van der Waals surface area contributed by atoms with E-state index in [-0.39, 0.29) is 19.4 Å². The third-order valence-corrected chi connectivity index (χ3v) is 6.21. The zero-order valence-corrected chi connectivity index (χ0v) is 20.5. The van der Waals surface area contributed by atoms with Gasteiger partial charge in [-0.25, -0.2) is 0 Å². The fraction of sp³-hybridized carbons (Fsp3) is 0.214. The van der Waals surface area contributed by atoms with Crippen LogP contribution in [0.15, 0.2) is 89.5 Å². The van der Waals surface area contributed by atoms with Crippen LogP contribution in [0, 0.1) is 5.92 Å². The number of carbonyl (C=O) groups excluding carboxylic acids is 2. The van der Waals surface area contributed by atoms with Crippen LogP contribution in [0.2, 0.25) is 0 Å². The van der Waals surface area contributed by atoms with Crippen LogP contribution in [-0.2, 0) is 29.0 Å². The highest BCUT2D eigenvalue weighted by atomic mass is 16.5. The van der Waals surface area contributed by atoms with Gasteiger partial charge in [-0.1, -0.05) is 60.7 Å². The van der Waals surface area contributed by atoms with Crippen LogP contribution in [0.25, 0.3) is 11.0 Å². The molecule has 37 heavy (non-hydrogen) atoms. The summed E-state index contributed by atoms with van der Waals surface area (Å²) < 4.78 is 10.8. The minimum absolute atomic E-state index is 0.115. The van der Waals surface area contributed by atoms with E-state index in [4.69, 9.17) is 9.15 Å². The van der Waals surface area contributed by atoms with Crippen molar-refractivity contribution in [1.29, 1.82) is 0 Å². The van der Waals surface area contributed by atoms with Gasteiger partial charge in [-0.05, 0) is 47.7 Å². The second-order valence-corrected chi connectivity index (χ2v) is 8.80. The van der Waals surface area contributed by atoms with Gasteiger partial charge in [-0.3, -0.25) is 9.59 Å². The highest BCUT2D eigenvalue weighted by molar-refractivity contribution is 6.43. The van der Waals surface area contributed by atoms with Crippen molar-refractivity contribution in [2.24, 2.45) is 5.92 Å². The summed E-state index contributed by atoms with van der Waals surface area (Å²) in [5.74, 6) is -2.54. The lowest BCUT2D eigenvalue weighted by molar-refractivity contribution is -0.135. The topological polar surface area (TPSA) is 121 Å². The lowest BCUT2D eigenvalue weighted by Crippen LogP contribution is -2.52. The number of para-hydroxylation sites is 1. The monoisotopic (exact) mass is 500 g/mol. The van der Waals surface area contributed by atoms with Crippen molar-refractivity contribution in [2.45, 2.75) is 25.3 Å². The number of rotatable bonds is 11. The van der Waals surface area contributed by atoms with Crippen LogP contribution in [0.1, 0.15) is 16.7 Å². The van der Waals surface area contributed by atoms with Gasteiger partial charge in [0.15, 0.2) is 0 Å². The molecule has 4 rings (SSSR count). The Bertz CT molecular complexity index is 1340. The molecular formula is C28H29BN2O6. The maximum atomic E-state index is 13.4. The molecule has 0 spiro atoms. The van der Waals surface area contributed by atoms with Crippen LogP contribution >= 0.6 is 0 Å². The third kappa shape index (κ3) is 6.78.